The van der Waals surface area contributed by atoms with Crippen molar-refractivity contribution in [2.45, 2.75) is 13.0 Å². The molecular weight excluding hydrogens is 420 g/mol. The molecule has 4 rings (SSSR count). The van der Waals surface area contributed by atoms with Crippen molar-refractivity contribution in [3.8, 4) is 11.5 Å². The number of hydrogen-bond acceptors (Lipinski definition) is 6. The molecule has 0 radical (unpaired) electrons. The molecular formula is C25H24N4O4. The highest BCUT2D eigenvalue weighted by Crippen LogP contribution is 2.32. The lowest BCUT2D eigenvalue weighted by Crippen LogP contribution is -2.41. The average Bonchev–Trinajstić information content (AvgIpc) is 2.99. The minimum Gasteiger partial charge on any atom is -0.493 e. The number of para-hydroxylation sites is 1. The molecule has 2 amide bonds. The van der Waals surface area contributed by atoms with E-state index in [-0.39, 0.29) is 31.3 Å². The van der Waals surface area contributed by atoms with Gasteiger partial charge in [-0.25, -0.2) is 9.98 Å². The van der Waals surface area contributed by atoms with Gasteiger partial charge < -0.3 is 14.8 Å². The second-order valence-electron chi connectivity index (χ2n) is 7.36. The van der Waals surface area contributed by atoms with E-state index in [9.17, 15) is 9.59 Å². The van der Waals surface area contributed by atoms with Gasteiger partial charge >= 0.3 is 0 Å². The predicted octanol–water partition coefficient (Wildman–Crippen LogP) is 3.27. The number of carbonyl (C=O) groups excluding carboxylic acids is 2. The number of hydrogen-bond donors (Lipinski definition) is 1. The van der Waals surface area contributed by atoms with Crippen molar-refractivity contribution >= 4 is 29.0 Å². The normalized spacial score (nSPS) is 13.0. The minimum absolute atomic E-state index is 0.0668. The third-order valence-electron chi connectivity index (χ3n) is 5.27. The number of benzene rings is 2. The second kappa shape index (κ2) is 9.95. The van der Waals surface area contributed by atoms with Crippen LogP contribution in [0, 0.1) is 0 Å². The zero-order valence-corrected chi connectivity index (χ0v) is 18.4. The lowest BCUT2D eigenvalue weighted by molar-refractivity contribution is -0.123. The number of rotatable bonds is 7. The summed E-state index contributed by atoms with van der Waals surface area (Å²) in [6.07, 6.45) is 1.65. The van der Waals surface area contributed by atoms with E-state index >= 15 is 0 Å². The lowest BCUT2D eigenvalue weighted by Gasteiger charge is -2.21. The number of nitrogens with zero attached hydrogens (tertiary/aromatic N) is 3. The molecule has 3 aromatic rings. The van der Waals surface area contributed by atoms with Gasteiger partial charge in [-0.15, -0.1) is 0 Å². The maximum absolute atomic E-state index is 13.1. The van der Waals surface area contributed by atoms with Gasteiger partial charge in [0.15, 0.2) is 17.3 Å². The van der Waals surface area contributed by atoms with Crippen molar-refractivity contribution in [3.63, 3.8) is 0 Å². The van der Waals surface area contributed by atoms with Crippen molar-refractivity contribution in [3.05, 3.63) is 78.0 Å². The van der Waals surface area contributed by atoms with Crippen LogP contribution < -0.4 is 19.7 Å². The number of aromatic nitrogens is 1. The molecule has 0 bridgehead atoms. The van der Waals surface area contributed by atoms with Gasteiger partial charge in [0.05, 0.1) is 26.4 Å². The number of methoxy groups -OCH3 is 2. The van der Waals surface area contributed by atoms with Crippen LogP contribution in [0.1, 0.15) is 17.5 Å². The van der Waals surface area contributed by atoms with E-state index in [1.807, 2.05) is 42.5 Å². The Kier molecular flexibility index (Phi) is 6.64. The largest absolute Gasteiger partial charge is 0.493 e. The van der Waals surface area contributed by atoms with Gasteiger partial charge in [0.25, 0.3) is 0 Å². The second-order valence-corrected chi connectivity index (χ2v) is 7.36. The first-order chi connectivity index (χ1) is 16.1. The van der Waals surface area contributed by atoms with E-state index in [1.54, 1.807) is 38.6 Å². The average molecular weight is 444 g/mol. The number of fused-ring (bicyclic) bond motifs is 1. The molecule has 1 aromatic heterocycles. The first kappa shape index (κ1) is 22.0. The van der Waals surface area contributed by atoms with Crippen LogP contribution in [0.15, 0.2) is 71.9 Å². The molecule has 0 aliphatic carbocycles. The Labute approximate surface area is 191 Å². The summed E-state index contributed by atoms with van der Waals surface area (Å²) in [5, 5.41) is 2.85. The van der Waals surface area contributed by atoms with Gasteiger partial charge in [-0.05, 0) is 23.8 Å². The number of pyridine rings is 1. The molecule has 1 aliphatic heterocycles. The van der Waals surface area contributed by atoms with Gasteiger partial charge in [-0.3, -0.25) is 14.5 Å². The van der Waals surface area contributed by atoms with E-state index in [2.05, 4.69) is 15.3 Å². The molecule has 0 saturated carbocycles. The molecule has 33 heavy (non-hydrogen) atoms. The molecule has 1 aliphatic rings. The number of ether oxygens (including phenoxy) is 2. The first-order valence-electron chi connectivity index (χ1n) is 10.5. The zero-order valence-electron chi connectivity index (χ0n) is 18.4. The van der Waals surface area contributed by atoms with E-state index in [4.69, 9.17) is 9.47 Å². The fourth-order valence-electron chi connectivity index (χ4n) is 3.67. The Bertz CT molecular complexity index is 1190. The van der Waals surface area contributed by atoms with E-state index in [0.717, 1.165) is 11.1 Å². The topological polar surface area (TPSA) is 93.1 Å². The number of carbonyl (C=O) groups is 2. The van der Waals surface area contributed by atoms with Crippen LogP contribution in [0.25, 0.3) is 0 Å². The predicted molar refractivity (Wildman–Crippen MR) is 125 cm³/mol. The standard InChI is InChI=1S/C25H24N4O4/c1-32-21-12-6-10-18(24(21)33-2)15-27-22(30)16-29-23(31)14-20(17-8-4-3-5-9-17)28-19-11-7-13-26-25(19)29/h3-13H,14-16H2,1-2H3,(H,27,30). The van der Waals surface area contributed by atoms with Crippen molar-refractivity contribution < 1.29 is 19.1 Å². The Morgan fingerprint density at radius 1 is 1.03 bits per heavy atom. The maximum atomic E-state index is 13.1. The molecule has 8 nitrogen and oxygen atoms in total. The van der Waals surface area contributed by atoms with E-state index in [0.29, 0.717) is 28.7 Å². The zero-order chi connectivity index (χ0) is 23.2. The van der Waals surface area contributed by atoms with Gasteiger partial charge in [-0.1, -0.05) is 42.5 Å². The molecule has 0 unspecified atom stereocenters. The van der Waals surface area contributed by atoms with Gasteiger partial charge in [-0.2, -0.15) is 0 Å². The highest BCUT2D eigenvalue weighted by Gasteiger charge is 2.27. The summed E-state index contributed by atoms with van der Waals surface area (Å²) >= 11 is 0. The molecule has 0 atom stereocenters. The van der Waals surface area contributed by atoms with E-state index in [1.165, 1.54) is 4.90 Å². The summed E-state index contributed by atoms with van der Waals surface area (Å²) in [4.78, 5) is 36.4. The maximum Gasteiger partial charge on any atom is 0.240 e. The number of nitrogens with one attached hydrogen (secondary N) is 1. The van der Waals surface area contributed by atoms with Crippen molar-refractivity contribution in [2.24, 2.45) is 4.99 Å². The Morgan fingerprint density at radius 2 is 1.85 bits per heavy atom. The summed E-state index contributed by atoms with van der Waals surface area (Å²) in [5.41, 5.74) is 2.81. The van der Waals surface area contributed by atoms with Crippen molar-refractivity contribution in [2.75, 3.05) is 25.7 Å². The van der Waals surface area contributed by atoms with Crippen LogP contribution in [-0.2, 0) is 16.1 Å². The Hall–Kier alpha value is -4.20. The number of aliphatic imine (C=N–C) groups is 1. The number of amides is 2. The van der Waals surface area contributed by atoms with Crippen LogP contribution >= 0.6 is 0 Å². The monoisotopic (exact) mass is 444 g/mol. The lowest BCUT2D eigenvalue weighted by atomic mass is 10.1. The molecule has 0 saturated heterocycles. The third-order valence-corrected chi connectivity index (χ3v) is 5.27. The Morgan fingerprint density at radius 3 is 2.61 bits per heavy atom. The van der Waals surface area contributed by atoms with Gasteiger partial charge in [0.2, 0.25) is 11.8 Å². The van der Waals surface area contributed by atoms with Crippen LogP contribution in [0.5, 0.6) is 11.5 Å². The summed E-state index contributed by atoms with van der Waals surface area (Å²) in [5.74, 6) is 0.925. The third kappa shape index (κ3) is 4.85. The molecule has 0 fully saturated rings. The summed E-state index contributed by atoms with van der Waals surface area (Å²) in [7, 11) is 3.10. The fraction of sp³-hybridized carbons (Fsp3) is 0.200. The number of anilines is 1. The van der Waals surface area contributed by atoms with Crippen molar-refractivity contribution in [1.29, 1.82) is 0 Å². The molecule has 8 heteroatoms. The first-order valence-corrected chi connectivity index (χ1v) is 10.5. The fourth-order valence-corrected chi connectivity index (χ4v) is 3.67. The smallest absolute Gasteiger partial charge is 0.240 e. The summed E-state index contributed by atoms with van der Waals surface area (Å²) < 4.78 is 10.7. The minimum atomic E-state index is -0.326. The molecule has 0 spiro atoms. The van der Waals surface area contributed by atoms with Crippen LogP contribution in [0.4, 0.5) is 11.5 Å². The van der Waals surface area contributed by atoms with Crippen LogP contribution in [0.2, 0.25) is 0 Å². The molecule has 1 N–H and O–H groups in total. The summed E-state index contributed by atoms with van der Waals surface area (Å²) in [6.45, 7) is 0.0504. The van der Waals surface area contributed by atoms with Crippen molar-refractivity contribution in [1.82, 2.24) is 10.3 Å². The van der Waals surface area contributed by atoms with Crippen LogP contribution in [-0.4, -0.2) is 43.3 Å². The van der Waals surface area contributed by atoms with Gasteiger partial charge in [0.1, 0.15) is 12.2 Å². The molecule has 2 aromatic carbocycles. The van der Waals surface area contributed by atoms with Crippen LogP contribution in [0.3, 0.4) is 0 Å². The highest BCUT2D eigenvalue weighted by molar-refractivity contribution is 6.18. The summed E-state index contributed by atoms with van der Waals surface area (Å²) in [6, 6.07) is 18.5. The Balaban J connectivity index is 1.52. The molecule has 2 heterocycles. The highest BCUT2D eigenvalue weighted by atomic mass is 16.5. The van der Waals surface area contributed by atoms with Gasteiger partial charge in [0, 0.05) is 18.3 Å². The SMILES string of the molecule is COc1cccc(CNC(=O)CN2C(=O)CC(c3ccccc3)=Nc3cccnc32)c1OC. The molecule has 168 valence electrons. The van der Waals surface area contributed by atoms with E-state index < -0.39 is 0 Å². The quantitative estimate of drug-likeness (QED) is 0.604.